The summed E-state index contributed by atoms with van der Waals surface area (Å²) >= 11 is 3.50. The van der Waals surface area contributed by atoms with Gasteiger partial charge in [0.05, 0.1) is 11.6 Å². The topological polar surface area (TPSA) is 47.6 Å². The number of ether oxygens (including phenoxy) is 2. The molecule has 0 saturated carbocycles. The summed E-state index contributed by atoms with van der Waals surface area (Å²) in [5.41, 5.74) is 1.73. The van der Waals surface area contributed by atoms with Gasteiger partial charge in [0.1, 0.15) is 13.2 Å². The average Bonchev–Trinajstić information content (AvgIpc) is 2.61. The van der Waals surface area contributed by atoms with Gasteiger partial charge in [-0.25, -0.2) is 0 Å². The van der Waals surface area contributed by atoms with Gasteiger partial charge in [0.15, 0.2) is 11.5 Å². The number of carbonyl (C=O) groups excluding carboxylic acids is 1. The van der Waals surface area contributed by atoms with Crippen LogP contribution < -0.4 is 14.8 Å². The zero-order chi connectivity index (χ0) is 16.9. The van der Waals surface area contributed by atoms with Gasteiger partial charge in [0, 0.05) is 16.6 Å². The summed E-state index contributed by atoms with van der Waals surface area (Å²) in [5.74, 6) is 1.17. The van der Waals surface area contributed by atoms with Crippen molar-refractivity contribution >= 4 is 27.5 Å². The lowest BCUT2D eigenvalue weighted by atomic mass is 9.93. The Morgan fingerprint density at radius 3 is 2.50 bits per heavy atom. The van der Waals surface area contributed by atoms with E-state index >= 15 is 0 Å². The minimum atomic E-state index is -0.170. The zero-order valence-corrected chi connectivity index (χ0v) is 15.1. The summed E-state index contributed by atoms with van der Waals surface area (Å²) in [4.78, 5) is 12.8. The second-order valence-electron chi connectivity index (χ2n) is 5.72. The number of rotatable bonds is 5. The van der Waals surface area contributed by atoms with Crippen molar-refractivity contribution in [2.45, 2.75) is 25.7 Å². The molecule has 0 aliphatic carbocycles. The van der Waals surface area contributed by atoms with Crippen molar-refractivity contribution in [1.29, 1.82) is 0 Å². The summed E-state index contributed by atoms with van der Waals surface area (Å²) in [6.45, 7) is 3.14. The highest BCUT2D eigenvalue weighted by Crippen LogP contribution is 2.38. The molecule has 126 valence electrons. The lowest BCUT2D eigenvalue weighted by Crippen LogP contribution is -2.22. The van der Waals surface area contributed by atoms with Crippen molar-refractivity contribution in [3.05, 3.63) is 52.5 Å². The molecule has 1 amide bonds. The van der Waals surface area contributed by atoms with Crippen molar-refractivity contribution in [1.82, 2.24) is 0 Å². The molecule has 1 unspecified atom stereocenters. The van der Waals surface area contributed by atoms with Gasteiger partial charge in [-0.1, -0.05) is 43.7 Å². The van der Waals surface area contributed by atoms with E-state index in [2.05, 4.69) is 28.2 Å². The Balaban J connectivity index is 1.82. The van der Waals surface area contributed by atoms with Gasteiger partial charge in [0.25, 0.3) is 0 Å². The van der Waals surface area contributed by atoms with E-state index in [1.165, 1.54) is 0 Å². The molecule has 0 spiro atoms. The molecular formula is C19H20BrNO3. The summed E-state index contributed by atoms with van der Waals surface area (Å²) < 4.78 is 11.9. The van der Waals surface area contributed by atoms with Crippen molar-refractivity contribution in [2.75, 3.05) is 18.5 Å². The molecule has 4 nitrogen and oxygen atoms in total. The highest BCUT2D eigenvalue weighted by Gasteiger charge is 2.22. The van der Waals surface area contributed by atoms with Crippen LogP contribution >= 0.6 is 15.9 Å². The largest absolute Gasteiger partial charge is 0.486 e. The quantitative estimate of drug-likeness (QED) is 0.802. The summed E-state index contributed by atoms with van der Waals surface area (Å²) in [6, 6.07) is 13.5. The minimum Gasteiger partial charge on any atom is -0.486 e. The molecule has 2 aromatic carbocycles. The van der Waals surface area contributed by atoms with Gasteiger partial charge >= 0.3 is 0 Å². The van der Waals surface area contributed by atoms with E-state index in [1.54, 1.807) is 0 Å². The molecule has 0 saturated heterocycles. The molecule has 3 rings (SSSR count). The molecular weight excluding hydrogens is 370 g/mol. The zero-order valence-electron chi connectivity index (χ0n) is 13.5. The van der Waals surface area contributed by atoms with Gasteiger partial charge in [-0.2, -0.15) is 0 Å². The minimum absolute atomic E-state index is 0.0135. The SMILES string of the molecule is CCCC(C(=O)Nc1cc2c(cc1Br)OCCO2)c1ccccc1. The van der Waals surface area contributed by atoms with E-state index in [-0.39, 0.29) is 11.8 Å². The Morgan fingerprint density at radius 2 is 1.83 bits per heavy atom. The molecule has 1 N–H and O–H groups in total. The van der Waals surface area contributed by atoms with E-state index in [4.69, 9.17) is 9.47 Å². The van der Waals surface area contributed by atoms with Crippen molar-refractivity contribution in [2.24, 2.45) is 0 Å². The highest BCUT2D eigenvalue weighted by atomic mass is 79.9. The first kappa shape index (κ1) is 16.8. The molecule has 2 aromatic rings. The molecule has 0 radical (unpaired) electrons. The summed E-state index contributed by atoms with van der Waals surface area (Å²) in [6.07, 6.45) is 1.74. The fourth-order valence-electron chi connectivity index (χ4n) is 2.80. The number of anilines is 1. The maximum Gasteiger partial charge on any atom is 0.231 e. The van der Waals surface area contributed by atoms with Crippen LogP contribution in [-0.4, -0.2) is 19.1 Å². The maximum atomic E-state index is 12.8. The molecule has 1 aliphatic rings. The van der Waals surface area contributed by atoms with Gasteiger partial charge in [-0.3, -0.25) is 4.79 Å². The molecule has 0 aromatic heterocycles. The van der Waals surface area contributed by atoms with Gasteiger partial charge in [-0.05, 0) is 27.9 Å². The van der Waals surface area contributed by atoms with Crippen LogP contribution in [0.2, 0.25) is 0 Å². The summed E-state index contributed by atoms with van der Waals surface area (Å²) in [7, 11) is 0. The Bertz CT molecular complexity index is 718. The predicted molar refractivity (Wildman–Crippen MR) is 97.9 cm³/mol. The number of nitrogens with one attached hydrogen (secondary N) is 1. The molecule has 24 heavy (non-hydrogen) atoms. The van der Waals surface area contributed by atoms with Crippen LogP contribution in [0.15, 0.2) is 46.9 Å². The van der Waals surface area contributed by atoms with E-state index in [0.29, 0.717) is 30.4 Å². The fourth-order valence-corrected chi connectivity index (χ4v) is 3.22. The molecule has 0 fully saturated rings. The average molecular weight is 390 g/mol. The molecule has 0 bridgehead atoms. The van der Waals surface area contributed by atoms with Crippen LogP contribution in [0.1, 0.15) is 31.2 Å². The maximum absolute atomic E-state index is 12.8. The van der Waals surface area contributed by atoms with Gasteiger partial charge < -0.3 is 14.8 Å². The van der Waals surface area contributed by atoms with Crippen LogP contribution in [-0.2, 0) is 4.79 Å². The number of hydrogen-bond acceptors (Lipinski definition) is 3. The standard InChI is InChI=1S/C19H20BrNO3/c1-2-6-14(13-7-4-3-5-8-13)19(22)21-16-12-18-17(11-15(16)20)23-9-10-24-18/h3-5,7-8,11-12,14H,2,6,9-10H2,1H3,(H,21,22). The fraction of sp³-hybridized carbons (Fsp3) is 0.316. The Labute approximate surface area is 150 Å². The third kappa shape index (κ3) is 3.73. The second kappa shape index (κ2) is 7.71. The Kier molecular flexibility index (Phi) is 5.41. The van der Waals surface area contributed by atoms with Gasteiger partial charge in [0.2, 0.25) is 5.91 Å². The van der Waals surface area contributed by atoms with Crippen LogP contribution in [0, 0.1) is 0 Å². The molecule has 5 heteroatoms. The Morgan fingerprint density at radius 1 is 1.17 bits per heavy atom. The normalized spacial score (nSPS) is 14.1. The monoisotopic (exact) mass is 389 g/mol. The van der Waals surface area contributed by atoms with Crippen molar-refractivity contribution < 1.29 is 14.3 Å². The van der Waals surface area contributed by atoms with Crippen LogP contribution in [0.3, 0.4) is 0 Å². The molecule has 1 heterocycles. The first-order chi connectivity index (χ1) is 11.7. The smallest absolute Gasteiger partial charge is 0.231 e. The van der Waals surface area contributed by atoms with E-state index < -0.39 is 0 Å². The number of hydrogen-bond donors (Lipinski definition) is 1. The van der Waals surface area contributed by atoms with Crippen LogP contribution in [0.25, 0.3) is 0 Å². The lowest BCUT2D eigenvalue weighted by molar-refractivity contribution is -0.117. The number of halogens is 1. The molecule has 1 atom stereocenters. The number of fused-ring (bicyclic) bond motifs is 1. The first-order valence-electron chi connectivity index (χ1n) is 8.14. The van der Waals surface area contributed by atoms with E-state index in [1.807, 2.05) is 42.5 Å². The van der Waals surface area contributed by atoms with Gasteiger partial charge in [-0.15, -0.1) is 0 Å². The van der Waals surface area contributed by atoms with E-state index in [0.717, 1.165) is 22.9 Å². The number of carbonyl (C=O) groups is 1. The first-order valence-corrected chi connectivity index (χ1v) is 8.93. The van der Waals surface area contributed by atoms with Crippen molar-refractivity contribution in [3.63, 3.8) is 0 Å². The Hall–Kier alpha value is -2.01. The highest BCUT2D eigenvalue weighted by molar-refractivity contribution is 9.10. The summed E-state index contributed by atoms with van der Waals surface area (Å²) in [5, 5.41) is 3.02. The third-order valence-corrected chi connectivity index (χ3v) is 4.64. The van der Waals surface area contributed by atoms with E-state index in [9.17, 15) is 4.79 Å². The lowest BCUT2D eigenvalue weighted by Gasteiger charge is -2.21. The van der Waals surface area contributed by atoms with Crippen LogP contribution in [0.4, 0.5) is 5.69 Å². The number of benzene rings is 2. The second-order valence-corrected chi connectivity index (χ2v) is 6.57. The number of amides is 1. The third-order valence-electron chi connectivity index (χ3n) is 3.99. The molecule has 1 aliphatic heterocycles. The van der Waals surface area contributed by atoms with Crippen LogP contribution in [0.5, 0.6) is 11.5 Å². The predicted octanol–water partition coefficient (Wildman–Crippen LogP) is 4.74. The van der Waals surface area contributed by atoms with Crippen molar-refractivity contribution in [3.8, 4) is 11.5 Å².